The molecule has 0 saturated carbocycles. The Morgan fingerprint density at radius 3 is 3.07 bits per heavy atom. The summed E-state index contributed by atoms with van der Waals surface area (Å²) in [5.41, 5.74) is 1.13. The van der Waals surface area contributed by atoms with Crippen LogP contribution in [-0.4, -0.2) is 12.1 Å². The lowest BCUT2D eigenvalue weighted by Crippen LogP contribution is -2.02. The smallest absolute Gasteiger partial charge is 0.213 e. The number of rotatable bonds is 2. The standard InChI is InChI=1S/C12H15NO/c1-14-12-9-5-8-11(13-12)10-6-3-2-4-7-10/h3,5-6,8-10H,2,4,7H2,1H3/t10-/m0/s1. The molecule has 0 bridgehead atoms. The fourth-order valence-electron chi connectivity index (χ4n) is 1.81. The van der Waals surface area contributed by atoms with E-state index in [4.69, 9.17) is 4.74 Å². The lowest BCUT2D eigenvalue weighted by atomic mass is 9.93. The van der Waals surface area contributed by atoms with Crippen LogP contribution in [0.1, 0.15) is 30.9 Å². The molecule has 0 fully saturated rings. The van der Waals surface area contributed by atoms with Crippen LogP contribution in [-0.2, 0) is 0 Å². The summed E-state index contributed by atoms with van der Waals surface area (Å²) >= 11 is 0. The minimum absolute atomic E-state index is 0.485. The molecule has 0 radical (unpaired) electrons. The first-order valence-electron chi connectivity index (χ1n) is 5.08. The van der Waals surface area contributed by atoms with Crippen LogP contribution in [0, 0.1) is 0 Å². The van der Waals surface area contributed by atoms with Crippen LogP contribution in [0.25, 0.3) is 0 Å². The van der Waals surface area contributed by atoms with E-state index in [-0.39, 0.29) is 0 Å². The first kappa shape index (κ1) is 9.25. The predicted molar refractivity (Wildman–Crippen MR) is 56.5 cm³/mol. The van der Waals surface area contributed by atoms with E-state index >= 15 is 0 Å². The molecule has 1 aromatic heterocycles. The van der Waals surface area contributed by atoms with Crippen molar-refractivity contribution in [1.29, 1.82) is 0 Å². The van der Waals surface area contributed by atoms with Gasteiger partial charge in [0.2, 0.25) is 5.88 Å². The summed E-state index contributed by atoms with van der Waals surface area (Å²) in [6, 6.07) is 5.96. The topological polar surface area (TPSA) is 22.1 Å². The van der Waals surface area contributed by atoms with Gasteiger partial charge in [-0.15, -0.1) is 0 Å². The fourth-order valence-corrected chi connectivity index (χ4v) is 1.81. The van der Waals surface area contributed by atoms with Gasteiger partial charge in [-0.25, -0.2) is 4.98 Å². The summed E-state index contributed by atoms with van der Waals surface area (Å²) in [6.07, 6.45) is 8.18. The maximum Gasteiger partial charge on any atom is 0.213 e. The molecule has 0 unspecified atom stereocenters. The molecular formula is C12H15NO. The highest BCUT2D eigenvalue weighted by Gasteiger charge is 2.12. The maximum absolute atomic E-state index is 5.11. The van der Waals surface area contributed by atoms with Gasteiger partial charge in [0, 0.05) is 12.0 Å². The number of methoxy groups -OCH3 is 1. The molecule has 14 heavy (non-hydrogen) atoms. The quantitative estimate of drug-likeness (QED) is 0.667. The van der Waals surface area contributed by atoms with E-state index in [9.17, 15) is 0 Å². The van der Waals surface area contributed by atoms with Gasteiger partial charge in [0.25, 0.3) is 0 Å². The highest BCUT2D eigenvalue weighted by atomic mass is 16.5. The van der Waals surface area contributed by atoms with Crippen molar-refractivity contribution < 1.29 is 4.74 Å². The average molecular weight is 189 g/mol. The molecule has 2 heteroatoms. The summed E-state index contributed by atoms with van der Waals surface area (Å²) in [7, 11) is 1.66. The fraction of sp³-hybridized carbons (Fsp3) is 0.417. The maximum atomic E-state index is 5.11. The van der Waals surface area contributed by atoms with Crippen LogP contribution < -0.4 is 4.74 Å². The Morgan fingerprint density at radius 1 is 1.43 bits per heavy atom. The molecule has 1 aromatic rings. The molecule has 1 heterocycles. The molecule has 0 N–H and O–H groups in total. The molecular weight excluding hydrogens is 174 g/mol. The largest absolute Gasteiger partial charge is 0.481 e. The summed E-state index contributed by atoms with van der Waals surface area (Å²) < 4.78 is 5.11. The number of ether oxygens (including phenoxy) is 1. The lowest BCUT2D eigenvalue weighted by molar-refractivity contribution is 0.395. The second-order valence-electron chi connectivity index (χ2n) is 3.57. The third-order valence-corrected chi connectivity index (χ3v) is 2.59. The zero-order chi connectivity index (χ0) is 9.80. The Kier molecular flexibility index (Phi) is 2.82. The van der Waals surface area contributed by atoms with Gasteiger partial charge in [-0.3, -0.25) is 0 Å². The summed E-state index contributed by atoms with van der Waals surface area (Å²) in [4.78, 5) is 4.44. The summed E-state index contributed by atoms with van der Waals surface area (Å²) in [5, 5.41) is 0. The lowest BCUT2D eigenvalue weighted by Gasteiger charge is -2.15. The van der Waals surface area contributed by atoms with Gasteiger partial charge in [0.15, 0.2) is 0 Å². The second kappa shape index (κ2) is 4.27. The first-order valence-corrected chi connectivity index (χ1v) is 5.08. The van der Waals surface area contributed by atoms with E-state index in [1.165, 1.54) is 19.3 Å². The molecule has 1 aliphatic rings. The average Bonchev–Trinajstić information content (AvgIpc) is 2.30. The third-order valence-electron chi connectivity index (χ3n) is 2.59. The predicted octanol–water partition coefficient (Wildman–Crippen LogP) is 2.91. The Labute approximate surface area is 84.6 Å². The molecule has 0 aromatic carbocycles. The van der Waals surface area contributed by atoms with Gasteiger partial charge in [0.1, 0.15) is 0 Å². The van der Waals surface area contributed by atoms with Crippen LogP contribution >= 0.6 is 0 Å². The minimum atomic E-state index is 0.485. The van der Waals surface area contributed by atoms with E-state index in [1.807, 2.05) is 12.1 Å². The van der Waals surface area contributed by atoms with Gasteiger partial charge in [-0.2, -0.15) is 0 Å². The first-order chi connectivity index (χ1) is 6.90. The number of nitrogens with zero attached hydrogens (tertiary/aromatic N) is 1. The Morgan fingerprint density at radius 2 is 2.36 bits per heavy atom. The highest BCUT2D eigenvalue weighted by Crippen LogP contribution is 2.27. The molecule has 0 aliphatic heterocycles. The van der Waals surface area contributed by atoms with E-state index in [2.05, 4.69) is 23.2 Å². The second-order valence-corrected chi connectivity index (χ2v) is 3.57. The molecule has 74 valence electrons. The van der Waals surface area contributed by atoms with Crippen LogP contribution in [0.15, 0.2) is 30.4 Å². The van der Waals surface area contributed by atoms with Crippen LogP contribution in [0.4, 0.5) is 0 Å². The van der Waals surface area contributed by atoms with Crippen molar-refractivity contribution in [3.05, 3.63) is 36.0 Å². The summed E-state index contributed by atoms with van der Waals surface area (Å²) in [5.74, 6) is 1.19. The monoisotopic (exact) mass is 189 g/mol. The van der Waals surface area contributed by atoms with E-state index in [1.54, 1.807) is 7.11 Å². The van der Waals surface area contributed by atoms with E-state index in [0.717, 1.165) is 5.69 Å². The number of allylic oxidation sites excluding steroid dienone is 2. The number of hydrogen-bond acceptors (Lipinski definition) is 2. The molecule has 0 spiro atoms. The number of aromatic nitrogens is 1. The minimum Gasteiger partial charge on any atom is -0.481 e. The zero-order valence-corrected chi connectivity index (χ0v) is 8.44. The van der Waals surface area contributed by atoms with Crippen molar-refractivity contribution in [3.63, 3.8) is 0 Å². The Balaban J connectivity index is 2.22. The molecule has 1 aliphatic carbocycles. The van der Waals surface area contributed by atoms with Gasteiger partial charge in [0.05, 0.1) is 12.8 Å². The molecule has 2 rings (SSSR count). The third kappa shape index (κ3) is 1.95. The van der Waals surface area contributed by atoms with Gasteiger partial charge < -0.3 is 4.74 Å². The zero-order valence-electron chi connectivity index (χ0n) is 8.44. The van der Waals surface area contributed by atoms with Crippen molar-refractivity contribution in [2.45, 2.75) is 25.2 Å². The van der Waals surface area contributed by atoms with E-state index in [0.29, 0.717) is 11.8 Å². The van der Waals surface area contributed by atoms with Crippen LogP contribution in [0.3, 0.4) is 0 Å². The molecule has 0 saturated heterocycles. The van der Waals surface area contributed by atoms with Crippen molar-refractivity contribution in [2.75, 3.05) is 7.11 Å². The SMILES string of the molecule is COc1cccc([C@H]2C=CCCC2)n1. The summed E-state index contributed by atoms with van der Waals surface area (Å²) in [6.45, 7) is 0. The van der Waals surface area contributed by atoms with Gasteiger partial charge >= 0.3 is 0 Å². The number of pyridine rings is 1. The Bertz CT molecular complexity index is 333. The van der Waals surface area contributed by atoms with E-state index < -0.39 is 0 Å². The normalized spacial score (nSPS) is 20.8. The van der Waals surface area contributed by atoms with Crippen molar-refractivity contribution in [2.24, 2.45) is 0 Å². The van der Waals surface area contributed by atoms with Crippen molar-refractivity contribution in [1.82, 2.24) is 4.98 Å². The van der Waals surface area contributed by atoms with Gasteiger partial charge in [-0.05, 0) is 25.3 Å². The highest BCUT2D eigenvalue weighted by molar-refractivity contribution is 5.22. The molecule has 1 atom stereocenters. The molecule has 2 nitrogen and oxygen atoms in total. The van der Waals surface area contributed by atoms with Crippen molar-refractivity contribution >= 4 is 0 Å². The van der Waals surface area contributed by atoms with Gasteiger partial charge in [-0.1, -0.05) is 18.2 Å². The van der Waals surface area contributed by atoms with Crippen molar-refractivity contribution in [3.8, 4) is 5.88 Å². The molecule has 0 amide bonds. The van der Waals surface area contributed by atoms with Crippen LogP contribution in [0.2, 0.25) is 0 Å². The Hall–Kier alpha value is -1.31. The number of hydrogen-bond donors (Lipinski definition) is 0. The van der Waals surface area contributed by atoms with Crippen LogP contribution in [0.5, 0.6) is 5.88 Å².